The molecule has 1 aromatic rings. The van der Waals surface area contributed by atoms with E-state index in [0.29, 0.717) is 63.3 Å². The van der Waals surface area contributed by atoms with Crippen LogP contribution in [0, 0.1) is 17.3 Å². The molecule has 1 saturated carbocycles. The van der Waals surface area contributed by atoms with Crippen molar-refractivity contribution in [2.75, 3.05) is 51.1 Å². The van der Waals surface area contributed by atoms with E-state index in [-0.39, 0.29) is 23.0 Å². The summed E-state index contributed by atoms with van der Waals surface area (Å²) in [6.45, 7) is 14.7. The van der Waals surface area contributed by atoms with Crippen molar-refractivity contribution in [3.63, 3.8) is 0 Å². The van der Waals surface area contributed by atoms with Gasteiger partial charge in [0, 0.05) is 57.0 Å². The Morgan fingerprint density at radius 2 is 1.69 bits per heavy atom. The van der Waals surface area contributed by atoms with Gasteiger partial charge in [0.2, 0.25) is 0 Å². The average Bonchev–Trinajstić information content (AvgIpc) is 2.85. The minimum atomic E-state index is -4.42. The number of piperazine rings is 1. The zero-order chi connectivity index (χ0) is 28.6. The number of carbonyl (C=O) groups is 2. The Labute approximate surface area is 229 Å². The van der Waals surface area contributed by atoms with E-state index < -0.39 is 11.7 Å². The van der Waals surface area contributed by atoms with E-state index in [0.717, 1.165) is 25.0 Å². The number of urea groups is 2. The van der Waals surface area contributed by atoms with Crippen LogP contribution in [0.3, 0.4) is 0 Å². The van der Waals surface area contributed by atoms with Crippen molar-refractivity contribution in [2.45, 2.75) is 59.2 Å². The molecule has 7 nitrogen and oxygen atoms in total. The van der Waals surface area contributed by atoms with Crippen LogP contribution in [0.25, 0.3) is 0 Å². The Bertz CT molecular complexity index is 1070. The van der Waals surface area contributed by atoms with Gasteiger partial charge < -0.3 is 20.4 Å². The van der Waals surface area contributed by atoms with Crippen molar-refractivity contribution in [3.05, 3.63) is 41.5 Å². The predicted molar refractivity (Wildman–Crippen MR) is 146 cm³/mol. The summed E-state index contributed by atoms with van der Waals surface area (Å²) in [7, 11) is 0. The lowest BCUT2D eigenvalue weighted by molar-refractivity contribution is -0.137. The quantitative estimate of drug-likeness (QED) is 0.450. The molecule has 2 fully saturated rings. The maximum absolute atomic E-state index is 13.4. The molecule has 3 aliphatic carbocycles. The molecule has 2 bridgehead atoms. The molecule has 2 unspecified atom stereocenters. The van der Waals surface area contributed by atoms with E-state index in [1.165, 1.54) is 17.7 Å². The standard InChI is InChI=1S/C29H42F3N5O2/c1-27(2,3)34-26(39)36-15-12-35(13-16-36)14-17-37(19-20-6-7-22-18-24(20)28(22,4)5)25(38)33-23-10-8-21(9-11-23)29(30,31)32/h6,8-11,22,24H,7,12-19H2,1-5H3,(H,33,38)(H,34,39). The first kappa shape index (κ1) is 29.2. The van der Waals surface area contributed by atoms with Gasteiger partial charge in [0.25, 0.3) is 0 Å². The van der Waals surface area contributed by atoms with Crippen LogP contribution in [0.4, 0.5) is 28.4 Å². The Kier molecular flexibility index (Phi) is 8.26. The van der Waals surface area contributed by atoms with Gasteiger partial charge in [-0.15, -0.1) is 0 Å². The smallest absolute Gasteiger partial charge is 0.333 e. The molecule has 1 saturated heterocycles. The molecule has 4 amide bonds. The average molecular weight is 550 g/mol. The molecule has 1 aromatic carbocycles. The summed E-state index contributed by atoms with van der Waals surface area (Å²) in [4.78, 5) is 31.7. The fourth-order valence-electron chi connectivity index (χ4n) is 5.91. The molecular weight excluding hydrogens is 507 g/mol. The number of nitrogens with zero attached hydrogens (tertiary/aromatic N) is 3. The number of rotatable bonds is 6. The van der Waals surface area contributed by atoms with E-state index in [4.69, 9.17) is 0 Å². The van der Waals surface area contributed by atoms with Gasteiger partial charge in [-0.05, 0) is 75.1 Å². The molecule has 2 N–H and O–H groups in total. The number of alkyl halides is 3. The summed E-state index contributed by atoms with van der Waals surface area (Å²) >= 11 is 0. The van der Waals surface area contributed by atoms with Crippen LogP contribution in [0.1, 0.15) is 53.0 Å². The molecule has 5 rings (SSSR count). The molecule has 1 aliphatic heterocycles. The highest BCUT2D eigenvalue weighted by Crippen LogP contribution is 2.59. The third kappa shape index (κ3) is 7.07. The molecule has 0 radical (unpaired) electrons. The number of amides is 4. The zero-order valence-corrected chi connectivity index (χ0v) is 23.7. The Morgan fingerprint density at radius 3 is 2.23 bits per heavy atom. The van der Waals surface area contributed by atoms with Crippen molar-refractivity contribution in [1.82, 2.24) is 20.0 Å². The first-order valence-corrected chi connectivity index (χ1v) is 13.8. The number of halogens is 3. The lowest BCUT2D eigenvalue weighted by Crippen LogP contribution is -2.56. The summed E-state index contributed by atoms with van der Waals surface area (Å²) in [6.07, 6.45) is 0.0135. The van der Waals surface area contributed by atoms with E-state index in [9.17, 15) is 22.8 Å². The maximum atomic E-state index is 13.4. The van der Waals surface area contributed by atoms with Crippen molar-refractivity contribution in [3.8, 4) is 0 Å². The van der Waals surface area contributed by atoms with Crippen LogP contribution in [0.15, 0.2) is 35.9 Å². The first-order chi connectivity index (χ1) is 18.1. The molecule has 4 aliphatic rings. The van der Waals surface area contributed by atoms with Crippen LogP contribution >= 0.6 is 0 Å². The van der Waals surface area contributed by atoms with Gasteiger partial charge in [0.05, 0.1) is 5.56 Å². The van der Waals surface area contributed by atoms with Gasteiger partial charge in [-0.25, -0.2) is 9.59 Å². The van der Waals surface area contributed by atoms with Crippen LogP contribution in [0.2, 0.25) is 0 Å². The minimum Gasteiger partial charge on any atom is -0.333 e. The Balaban J connectivity index is 1.38. The number of anilines is 1. The summed E-state index contributed by atoms with van der Waals surface area (Å²) in [6, 6.07) is 4.16. The van der Waals surface area contributed by atoms with E-state index in [2.05, 4.69) is 35.5 Å². The summed E-state index contributed by atoms with van der Waals surface area (Å²) in [5, 5.41) is 5.81. The van der Waals surface area contributed by atoms with Gasteiger partial charge in [-0.3, -0.25) is 4.90 Å². The second-order valence-corrected chi connectivity index (χ2v) is 12.8. The molecule has 0 spiro atoms. The highest BCUT2D eigenvalue weighted by Gasteiger charge is 2.51. The van der Waals surface area contributed by atoms with Crippen LogP contribution in [-0.2, 0) is 6.18 Å². The third-order valence-electron chi connectivity index (χ3n) is 8.53. The second kappa shape index (κ2) is 11.0. The van der Waals surface area contributed by atoms with Gasteiger partial charge in [-0.2, -0.15) is 13.2 Å². The Morgan fingerprint density at radius 1 is 1.05 bits per heavy atom. The normalized spacial score (nSPS) is 23.0. The predicted octanol–water partition coefficient (Wildman–Crippen LogP) is 5.66. The first-order valence-electron chi connectivity index (χ1n) is 13.8. The van der Waals surface area contributed by atoms with Crippen LogP contribution in [-0.4, -0.2) is 78.1 Å². The van der Waals surface area contributed by atoms with E-state index in [1.54, 1.807) is 4.90 Å². The van der Waals surface area contributed by atoms with Crippen molar-refractivity contribution in [1.29, 1.82) is 0 Å². The summed E-state index contributed by atoms with van der Waals surface area (Å²) < 4.78 is 38.9. The van der Waals surface area contributed by atoms with E-state index in [1.807, 2.05) is 25.7 Å². The SMILES string of the molecule is CC(C)(C)NC(=O)N1CCN(CCN(CC2=CCC3CC2C3(C)C)C(=O)Nc2ccc(C(F)(F)F)cc2)CC1. The second-order valence-electron chi connectivity index (χ2n) is 12.8. The molecule has 10 heteroatoms. The number of allylic oxidation sites excluding steroid dienone is 1. The number of fused-ring (bicyclic) bond motifs is 1. The number of hydrogen-bond acceptors (Lipinski definition) is 3. The molecule has 216 valence electrons. The third-order valence-corrected chi connectivity index (χ3v) is 8.53. The topological polar surface area (TPSA) is 67.9 Å². The zero-order valence-electron chi connectivity index (χ0n) is 23.7. The van der Waals surface area contributed by atoms with Gasteiger partial charge in [-0.1, -0.05) is 25.5 Å². The van der Waals surface area contributed by atoms with Crippen LogP contribution in [0.5, 0.6) is 0 Å². The molecular formula is C29H42F3N5O2. The number of carbonyl (C=O) groups excluding carboxylic acids is 2. The van der Waals surface area contributed by atoms with Crippen molar-refractivity contribution in [2.24, 2.45) is 17.3 Å². The fraction of sp³-hybridized carbons (Fsp3) is 0.655. The van der Waals surface area contributed by atoms with Gasteiger partial charge >= 0.3 is 18.2 Å². The van der Waals surface area contributed by atoms with E-state index >= 15 is 0 Å². The minimum absolute atomic E-state index is 0.0645. The maximum Gasteiger partial charge on any atom is 0.416 e. The lowest BCUT2D eigenvalue weighted by atomic mass is 9.49. The fourth-order valence-corrected chi connectivity index (χ4v) is 5.91. The summed E-state index contributed by atoms with van der Waals surface area (Å²) in [5.41, 5.74) is 0.787. The monoisotopic (exact) mass is 549 g/mol. The highest BCUT2D eigenvalue weighted by molar-refractivity contribution is 5.89. The summed E-state index contributed by atoms with van der Waals surface area (Å²) in [5.74, 6) is 1.13. The lowest BCUT2D eigenvalue weighted by Gasteiger charge is -2.57. The number of hydrogen-bond donors (Lipinski definition) is 2. The van der Waals surface area contributed by atoms with Crippen LogP contribution < -0.4 is 10.6 Å². The van der Waals surface area contributed by atoms with Crippen molar-refractivity contribution >= 4 is 17.7 Å². The molecule has 0 aromatic heterocycles. The molecule has 1 heterocycles. The number of benzene rings is 1. The highest BCUT2D eigenvalue weighted by atomic mass is 19.4. The molecule has 39 heavy (non-hydrogen) atoms. The Hall–Kier alpha value is -2.75. The van der Waals surface area contributed by atoms with Gasteiger partial charge in [0.1, 0.15) is 0 Å². The van der Waals surface area contributed by atoms with Crippen molar-refractivity contribution < 1.29 is 22.8 Å². The van der Waals surface area contributed by atoms with Gasteiger partial charge in [0.15, 0.2) is 0 Å². The molecule has 2 atom stereocenters. The number of nitrogens with one attached hydrogen (secondary N) is 2. The largest absolute Gasteiger partial charge is 0.416 e.